The van der Waals surface area contributed by atoms with E-state index in [2.05, 4.69) is 5.16 Å². The molecule has 0 radical (unpaired) electrons. The SMILES string of the molecule is NC(=O)c1c(CC=NOCCOc2ccccc2)ccc2ccccc12. The molecule has 5 nitrogen and oxygen atoms in total. The van der Waals surface area contributed by atoms with Crippen LogP contribution in [0.4, 0.5) is 0 Å². The number of fused-ring (bicyclic) bond motifs is 1. The molecule has 132 valence electrons. The fourth-order valence-electron chi connectivity index (χ4n) is 2.73. The number of carbonyl (C=O) groups excluding carboxylic acids is 1. The first-order valence-corrected chi connectivity index (χ1v) is 8.38. The van der Waals surface area contributed by atoms with E-state index in [1.165, 1.54) is 0 Å². The molecule has 0 spiro atoms. The summed E-state index contributed by atoms with van der Waals surface area (Å²) >= 11 is 0. The van der Waals surface area contributed by atoms with Crippen molar-refractivity contribution in [2.75, 3.05) is 13.2 Å². The lowest BCUT2D eigenvalue weighted by atomic mass is 9.97. The smallest absolute Gasteiger partial charge is 0.249 e. The molecular weight excluding hydrogens is 328 g/mol. The van der Waals surface area contributed by atoms with Crippen molar-refractivity contribution in [3.05, 3.63) is 77.9 Å². The number of nitrogens with zero attached hydrogens (tertiary/aromatic N) is 1. The number of nitrogens with two attached hydrogens (primary N) is 1. The highest BCUT2D eigenvalue weighted by Crippen LogP contribution is 2.22. The maximum absolute atomic E-state index is 11.9. The predicted molar refractivity (Wildman–Crippen MR) is 103 cm³/mol. The summed E-state index contributed by atoms with van der Waals surface area (Å²) in [6.45, 7) is 0.746. The molecule has 0 aromatic heterocycles. The molecule has 0 bridgehead atoms. The van der Waals surface area contributed by atoms with Crippen LogP contribution in [0.2, 0.25) is 0 Å². The van der Waals surface area contributed by atoms with Crippen LogP contribution in [0.1, 0.15) is 15.9 Å². The molecule has 0 fully saturated rings. The fourth-order valence-corrected chi connectivity index (χ4v) is 2.73. The van der Waals surface area contributed by atoms with Crippen molar-refractivity contribution in [3.63, 3.8) is 0 Å². The van der Waals surface area contributed by atoms with Crippen LogP contribution in [-0.4, -0.2) is 25.3 Å². The van der Waals surface area contributed by atoms with E-state index < -0.39 is 5.91 Å². The quantitative estimate of drug-likeness (QED) is 0.384. The van der Waals surface area contributed by atoms with Crippen molar-refractivity contribution in [1.29, 1.82) is 0 Å². The second-order valence-electron chi connectivity index (χ2n) is 5.67. The van der Waals surface area contributed by atoms with Crippen LogP contribution in [0.15, 0.2) is 71.9 Å². The van der Waals surface area contributed by atoms with Gasteiger partial charge >= 0.3 is 0 Å². The van der Waals surface area contributed by atoms with Crippen LogP contribution < -0.4 is 10.5 Å². The van der Waals surface area contributed by atoms with Gasteiger partial charge in [0.1, 0.15) is 12.4 Å². The van der Waals surface area contributed by atoms with Gasteiger partial charge in [0.05, 0.1) is 5.56 Å². The zero-order chi connectivity index (χ0) is 18.2. The molecule has 26 heavy (non-hydrogen) atoms. The molecule has 1 amide bonds. The van der Waals surface area contributed by atoms with Gasteiger partial charge in [-0.25, -0.2) is 0 Å². The summed E-state index contributed by atoms with van der Waals surface area (Å²) in [5.74, 6) is 0.352. The van der Waals surface area contributed by atoms with E-state index in [9.17, 15) is 4.79 Å². The maximum Gasteiger partial charge on any atom is 0.249 e. The van der Waals surface area contributed by atoms with E-state index in [0.717, 1.165) is 22.1 Å². The second kappa shape index (κ2) is 8.67. The summed E-state index contributed by atoms with van der Waals surface area (Å²) < 4.78 is 5.51. The number of amides is 1. The third kappa shape index (κ3) is 4.39. The molecule has 3 aromatic rings. The normalized spacial score (nSPS) is 10.9. The number of rotatable bonds is 8. The van der Waals surface area contributed by atoms with Crippen molar-refractivity contribution in [1.82, 2.24) is 0 Å². The van der Waals surface area contributed by atoms with Gasteiger partial charge in [0.25, 0.3) is 0 Å². The number of oxime groups is 1. The van der Waals surface area contributed by atoms with Crippen LogP contribution >= 0.6 is 0 Å². The molecule has 0 aliphatic heterocycles. The topological polar surface area (TPSA) is 73.9 Å². The largest absolute Gasteiger partial charge is 0.490 e. The van der Waals surface area contributed by atoms with Gasteiger partial charge < -0.3 is 15.3 Å². The Balaban J connectivity index is 1.55. The van der Waals surface area contributed by atoms with Crippen molar-refractivity contribution in [2.45, 2.75) is 6.42 Å². The number of para-hydroxylation sites is 1. The standard InChI is InChI=1S/C21H20N2O3/c22-21(24)20-17(11-10-16-6-4-5-9-19(16)20)12-13-23-26-15-14-25-18-7-2-1-3-8-18/h1-11,13H,12,14-15H2,(H2,22,24). The predicted octanol–water partition coefficient (Wildman–Crippen LogP) is 3.56. The highest BCUT2D eigenvalue weighted by molar-refractivity contribution is 6.08. The molecular formula is C21H20N2O3. The Morgan fingerprint density at radius 3 is 2.54 bits per heavy atom. The van der Waals surface area contributed by atoms with Crippen LogP contribution in [0.25, 0.3) is 10.8 Å². The monoisotopic (exact) mass is 348 g/mol. The summed E-state index contributed by atoms with van der Waals surface area (Å²) in [7, 11) is 0. The molecule has 0 saturated carbocycles. The Morgan fingerprint density at radius 2 is 1.73 bits per heavy atom. The molecule has 2 N–H and O–H groups in total. The van der Waals surface area contributed by atoms with Gasteiger partial charge in [-0.3, -0.25) is 4.79 Å². The van der Waals surface area contributed by atoms with Crippen LogP contribution in [-0.2, 0) is 11.3 Å². The summed E-state index contributed by atoms with van der Waals surface area (Å²) in [5, 5.41) is 5.75. The van der Waals surface area contributed by atoms with Gasteiger partial charge in [-0.05, 0) is 28.5 Å². The van der Waals surface area contributed by atoms with E-state index in [1.807, 2.05) is 66.7 Å². The molecule has 0 aliphatic rings. The Bertz CT molecular complexity index is 908. The lowest BCUT2D eigenvalue weighted by Crippen LogP contribution is -2.14. The first-order valence-electron chi connectivity index (χ1n) is 8.38. The average molecular weight is 348 g/mol. The van der Waals surface area contributed by atoms with E-state index in [0.29, 0.717) is 25.2 Å². The highest BCUT2D eigenvalue weighted by Gasteiger charge is 2.11. The average Bonchev–Trinajstić information content (AvgIpc) is 2.67. The van der Waals surface area contributed by atoms with Gasteiger partial charge in [-0.1, -0.05) is 59.8 Å². The maximum atomic E-state index is 11.9. The number of benzene rings is 3. The van der Waals surface area contributed by atoms with Gasteiger partial charge in [-0.15, -0.1) is 0 Å². The number of primary amides is 1. The highest BCUT2D eigenvalue weighted by atomic mass is 16.6. The molecule has 3 aromatic carbocycles. The van der Waals surface area contributed by atoms with E-state index >= 15 is 0 Å². The number of ether oxygens (including phenoxy) is 1. The minimum atomic E-state index is -0.442. The Morgan fingerprint density at radius 1 is 0.962 bits per heavy atom. The molecule has 0 saturated heterocycles. The fraction of sp³-hybridized carbons (Fsp3) is 0.143. The zero-order valence-corrected chi connectivity index (χ0v) is 14.3. The summed E-state index contributed by atoms with van der Waals surface area (Å²) in [4.78, 5) is 17.1. The molecule has 0 atom stereocenters. The molecule has 3 rings (SSSR count). The Kier molecular flexibility index (Phi) is 5.83. The third-order valence-electron chi connectivity index (χ3n) is 3.91. The molecule has 5 heteroatoms. The van der Waals surface area contributed by atoms with Crippen LogP contribution in [0.5, 0.6) is 5.75 Å². The van der Waals surface area contributed by atoms with Crippen LogP contribution in [0.3, 0.4) is 0 Å². The summed E-state index contributed by atoms with van der Waals surface area (Å²) in [6, 6.07) is 21.1. The number of hydrogen-bond donors (Lipinski definition) is 1. The van der Waals surface area contributed by atoms with Crippen molar-refractivity contribution in [3.8, 4) is 5.75 Å². The lowest BCUT2D eigenvalue weighted by molar-refractivity contribution is 0.100. The van der Waals surface area contributed by atoms with Gasteiger partial charge in [-0.2, -0.15) is 0 Å². The minimum absolute atomic E-state index is 0.339. The first kappa shape index (κ1) is 17.5. The zero-order valence-electron chi connectivity index (χ0n) is 14.3. The summed E-state index contributed by atoms with van der Waals surface area (Å²) in [6.07, 6.45) is 2.09. The first-order chi connectivity index (χ1) is 12.8. The van der Waals surface area contributed by atoms with Gasteiger partial charge in [0, 0.05) is 12.6 Å². The Hall–Kier alpha value is -3.34. The molecule has 0 aliphatic carbocycles. The molecule has 0 heterocycles. The molecule has 0 unspecified atom stereocenters. The van der Waals surface area contributed by atoms with Crippen LogP contribution in [0, 0.1) is 0 Å². The minimum Gasteiger partial charge on any atom is -0.490 e. The number of hydrogen-bond acceptors (Lipinski definition) is 4. The third-order valence-corrected chi connectivity index (χ3v) is 3.91. The second-order valence-corrected chi connectivity index (χ2v) is 5.67. The van der Waals surface area contributed by atoms with Crippen molar-refractivity contribution in [2.24, 2.45) is 10.9 Å². The van der Waals surface area contributed by atoms with E-state index in [4.69, 9.17) is 15.3 Å². The van der Waals surface area contributed by atoms with Crippen molar-refractivity contribution >= 4 is 22.9 Å². The van der Waals surface area contributed by atoms with Crippen molar-refractivity contribution < 1.29 is 14.4 Å². The summed E-state index contributed by atoms with van der Waals surface area (Å²) in [5.41, 5.74) is 6.93. The van der Waals surface area contributed by atoms with Gasteiger partial charge in [0.15, 0.2) is 6.61 Å². The van der Waals surface area contributed by atoms with E-state index in [-0.39, 0.29) is 0 Å². The number of carbonyl (C=O) groups is 1. The van der Waals surface area contributed by atoms with Gasteiger partial charge in [0.2, 0.25) is 5.91 Å². The Labute approximate surface area is 152 Å². The van der Waals surface area contributed by atoms with E-state index in [1.54, 1.807) is 6.21 Å². The lowest BCUT2D eigenvalue weighted by Gasteiger charge is -2.08.